The minimum absolute atomic E-state index is 0.230. The lowest BCUT2D eigenvalue weighted by atomic mass is 9.86. The number of nitrogens with one attached hydrogen (secondary N) is 1. The molecule has 1 fully saturated rings. The fourth-order valence-electron chi connectivity index (χ4n) is 4.94. The molecule has 2 aromatic rings. The molecule has 1 unspecified atom stereocenters. The van der Waals surface area contributed by atoms with Gasteiger partial charge in [-0.15, -0.1) is 0 Å². The number of carboxylic acid groups (broad SMARTS) is 1. The Balaban J connectivity index is 1.53. The van der Waals surface area contributed by atoms with Crippen molar-refractivity contribution < 1.29 is 24.2 Å². The molecular weight excluding hydrogens is 539 g/mol. The number of halogens is 2. The molecule has 1 aliphatic rings. The molecule has 0 heterocycles. The molecule has 0 aromatic heterocycles. The zero-order valence-corrected chi connectivity index (χ0v) is 24.2. The highest BCUT2D eigenvalue weighted by Crippen LogP contribution is 2.28. The van der Waals surface area contributed by atoms with Crippen molar-refractivity contribution in [2.24, 2.45) is 5.92 Å². The second kappa shape index (κ2) is 16.6. The van der Waals surface area contributed by atoms with Gasteiger partial charge in [-0.2, -0.15) is 0 Å². The van der Waals surface area contributed by atoms with Gasteiger partial charge in [0.2, 0.25) is 0 Å². The minimum Gasteiger partial charge on any atom is -0.492 e. The number of ether oxygens (including phenoxy) is 2. The molecule has 0 spiro atoms. The lowest BCUT2D eigenvalue weighted by Crippen LogP contribution is -2.38. The topological polar surface area (TPSA) is 88.1 Å². The fraction of sp³-hybridized carbons (Fsp3) is 0.533. The van der Waals surface area contributed by atoms with Crippen molar-refractivity contribution in [1.29, 1.82) is 0 Å². The zero-order valence-electron chi connectivity index (χ0n) is 22.7. The average molecular weight is 580 g/mol. The molecule has 0 aliphatic heterocycles. The van der Waals surface area contributed by atoms with E-state index >= 15 is 0 Å². The van der Waals surface area contributed by atoms with Gasteiger partial charge in [-0.25, -0.2) is 9.59 Å². The number of anilines is 1. The predicted octanol–water partition coefficient (Wildman–Crippen LogP) is 7.69. The number of unbranched alkanes of at least 4 members (excludes halogenated alkanes) is 1. The summed E-state index contributed by atoms with van der Waals surface area (Å²) in [7, 11) is 0. The Kier molecular flexibility index (Phi) is 13.2. The maximum Gasteiger partial charge on any atom is 0.333 e. The summed E-state index contributed by atoms with van der Waals surface area (Å²) >= 11 is 12.3. The van der Waals surface area contributed by atoms with Gasteiger partial charge in [0, 0.05) is 24.6 Å². The van der Waals surface area contributed by atoms with E-state index in [9.17, 15) is 14.7 Å². The van der Waals surface area contributed by atoms with E-state index in [2.05, 4.69) is 5.32 Å². The number of rotatable bonds is 15. The van der Waals surface area contributed by atoms with Gasteiger partial charge in [0.05, 0.1) is 17.3 Å². The summed E-state index contributed by atoms with van der Waals surface area (Å²) in [5.41, 5.74) is 1.36. The zero-order chi connectivity index (χ0) is 28.0. The lowest BCUT2D eigenvalue weighted by Gasteiger charge is -2.25. The van der Waals surface area contributed by atoms with Crippen LogP contribution in [0.25, 0.3) is 0 Å². The standard InChI is InChI=1S/C30H40Cl2N2O5/c1-2-38-28(29(35)36)20-23-11-14-25(15-12-23)39-19-18-34(17-7-6-10-22-8-4-3-5-9-22)30(37)33-27-16-13-24(31)21-26(27)32/h11-16,21-22,28H,2-10,17-20H2,1H3,(H,33,37)(H,35,36). The van der Waals surface area contributed by atoms with Crippen molar-refractivity contribution in [1.82, 2.24) is 4.90 Å². The number of carbonyl (C=O) groups is 2. The number of nitrogens with zero attached hydrogens (tertiary/aromatic N) is 1. The number of aliphatic carboxylic acids is 1. The van der Waals surface area contributed by atoms with Crippen LogP contribution in [0.4, 0.5) is 10.5 Å². The molecule has 2 aromatic carbocycles. The van der Waals surface area contributed by atoms with E-state index in [0.29, 0.717) is 47.8 Å². The summed E-state index contributed by atoms with van der Waals surface area (Å²) in [6.45, 7) is 3.47. The number of carboxylic acids is 1. The molecule has 9 heteroatoms. The predicted molar refractivity (Wildman–Crippen MR) is 156 cm³/mol. The van der Waals surface area contributed by atoms with Crippen LogP contribution in [0.15, 0.2) is 42.5 Å². The monoisotopic (exact) mass is 578 g/mol. The first-order valence-corrected chi connectivity index (χ1v) is 14.7. The highest BCUT2D eigenvalue weighted by atomic mass is 35.5. The number of benzene rings is 2. The number of urea groups is 1. The lowest BCUT2D eigenvalue weighted by molar-refractivity contribution is -0.149. The normalized spacial score (nSPS) is 14.5. The summed E-state index contributed by atoms with van der Waals surface area (Å²) in [4.78, 5) is 26.3. The first-order valence-electron chi connectivity index (χ1n) is 13.9. The molecular formula is C30H40Cl2N2O5. The van der Waals surface area contributed by atoms with Crippen LogP contribution in [0.3, 0.4) is 0 Å². The fourth-order valence-corrected chi connectivity index (χ4v) is 5.40. The van der Waals surface area contributed by atoms with Gasteiger partial charge in [0.15, 0.2) is 6.10 Å². The summed E-state index contributed by atoms with van der Waals surface area (Å²) < 4.78 is 11.2. The minimum atomic E-state index is -0.978. The number of amides is 2. The quantitative estimate of drug-likeness (QED) is 0.211. The maximum atomic E-state index is 13.2. The molecule has 1 aliphatic carbocycles. The van der Waals surface area contributed by atoms with Gasteiger partial charge in [0.1, 0.15) is 12.4 Å². The largest absolute Gasteiger partial charge is 0.492 e. The average Bonchev–Trinajstić information content (AvgIpc) is 2.92. The van der Waals surface area contributed by atoms with Gasteiger partial charge in [0.25, 0.3) is 0 Å². The Bertz CT molecular complexity index is 1040. The molecule has 39 heavy (non-hydrogen) atoms. The first-order chi connectivity index (χ1) is 18.9. The van der Waals surface area contributed by atoms with Crippen LogP contribution >= 0.6 is 23.2 Å². The Hall–Kier alpha value is -2.48. The number of hydrogen-bond acceptors (Lipinski definition) is 4. The third-order valence-electron chi connectivity index (χ3n) is 7.09. The van der Waals surface area contributed by atoms with Gasteiger partial charge < -0.3 is 24.8 Å². The molecule has 1 atom stereocenters. The van der Waals surface area contributed by atoms with Crippen LogP contribution in [-0.4, -0.2) is 54.4 Å². The van der Waals surface area contributed by atoms with E-state index < -0.39 is 12.1 Å². The third-order valence-corrected chi connectivity index (χ3v) is 7.64. The van der Waals surface area contributed by atoms with E-state index in [1.54, 1.807) is 30.0 Å². The summed E-state index contributed by atoms with van der Waals surface area (Å²) in [5.74, 6) is 0.495. The molecule has 0 saturated heterocycles. The van der Waals surface area contributed by atoms with Crippen LogP contribution in [0.1, 0.15) is 63.9 Å². The Labute approximate surface area is 241 Å². The first kappa shape index (κ1) is 31.1. The second-order valence-electron chi connectivity index (χ2n) is 10.0. The summed E-state index contributed by atoms with van der Waals surface area (Å²) in [5, 5.41) is 13.1. The molecule has 2 N–H and O–H groups in total. The molecule has 7 nitrogen and oxygen atoms in total. The second-order valence-corrected chi connectivity index (χ2v) is 10.9. The smallest absolute Gasteiger partial charge is 0.333 e. The van der Waals surface area contributed by atoms with E-state index in [-0.39, 0.29) is 12.5 Å². The van der Waals surface area contributed by atoms with Crippen LogP contribution in [0.5, 0.6) is 5.75 Å². The maximum absolute atomic E-state index is 13.2. The van der Waals surface area contributed by atoms with Crippen LogP contribution < -0.4 is 10.1 Å². The molecule has 1 saturated carbocycles. The Morgan fingerprint density at radius 3 is 2.46 bits per heavy atom. The third kappa shape index (κ3) is 10.9. The van der Waals surface area contributed by atoms with Gasteiger partial charge >= 0.3 is 12.0 Å². The van der Waals surface area contributed by atoms with Crippen molar-refractivity contribution in [3.05, 3.63) is 58.1 Å². The van der Waals surface area contributed by atoms with E-state index in [4.69, 9.17) is 32.7 Å². The Morgan fingerprint density at radius 2 is 1.79 bits per heavy atom. The van der Waals surface area contributed by atoms with Crippen molar-refractivity contribution in [3.63, 3.8) is 0 Å². The van der Waals surface area contributed by atoms with Crippen molar-refractivity contribution in [3.8, 4) is 5.75 Å². The van der Waals surface area contributed by atoms with Crippen molar-refractivity contribution in [2.75, 3.05) is 31.6 Å². The molecule has 3 rings (SSSR count). The van der Waals surface area contributed by atoms with Crippen molar-refractivity contribution >= 4 is 40.9 Å². The van der Waals surface area contributed by atoms with Gasteiger partial charge in [-0.05, 0) is 55.2 Å². The SMILES string of the molecule is CCOC(Cc1ccc(OCCN(CCCCC2CCCCC2)C(=O)Nc2ccc(Cl)cc2Cl)cc1)C(=O)O. The number of hydrogen-bond donors (Lipinski definition) is 2. The van der Waals surface area contributed by atoms with Gasteiger partial charge in [-0.3, -0.25) is 0 Å². The highest BCUT2D eigenvalue weighted by Gasteiger charge is 2.19. The van der Waals surface area contributed by atoms with Crippen LogP contribution in [0, 0.1) is 5.92 Å². The van der Waals surface area contributed by atoms with Gasteiger partial charge in [-0.1, -0.05) is 80.3 Å². The summed E-state index contributed by atoms with van der Waals surface area (Å²) in [6.07, 6.45) is 9.34. The summed E-state index contributed by atoms with van der Waals surface area (Å²) in [6, 6.07) is 12.1. The highest BCUT2D eigenvalue weighted by molar-refractivity contribution is 6.36. The molecule has 2 amide bonds. The van der Waals surface area contributed by atoms with Crippen LogP contribution in [0.2, 0.25) is 10.0 Å². The molecule has 0 radical (unpaired) electrons. The molecule has 214 valence electrons. The molecule has 0 bridgehead atoms. The van der Waals surface area contributed by atoms with Crippen molar-refractivity contribution in [2.45, 2.75) is 70.8 Å². The number of carbonyl (C=O) groups excluding carboxylic acids is 1. The van der Waals surface area contributed by atoms with E-state index in [0.717, 1.165) is 24.3 Å². The van der Waals surface area contributed by atoms with E-state index in [1.165, 1.54) is 38.5 Å². The van der Waals surface area contributed by atoms with E-state index in [1.807, 2.05) is 24.3 Å². The van der Waals surface area contributed by atoms with Crippen LogP contribution in [-0.2, 0) is 16.0 Å². The Morgan fingerprint density at radius 1 is 1.05 bits per heavy atom.